The van der Waals surface area contributed by atoms with Gasteiger partial charge in [0.1, 0.15) is 0 Å². The third-order valence-corrected chi connectivity index (χ3v) is 2.86. The molecule has 0 aromatic heterocycles. The molecule has 1 saturated heterocycles. The molecule has 0 amide bonds. The van der Waals surface area contributed by atoms with Gasteiger partial charge in [-0.2, -0.15) is 0 Å². The van der Waals surface area contributed by atoms with Crippen LogP contribution in [0.25, 0.3) is 0 Å². The molecule has 0 spiro atoms. The van der Waals surface area contributed by atoms with Gasteiger partial charge in [-0.3, -0.25) is 4.79 Å². The first-order chi connectivity index (χ1) is 6.38. The zero-order valence-corrected chi connectivity index (χ0v) is 8.59. The molecule has 1 rings (SSSR count). The molecule has 2 nitrogen and oxygen atoms in total. The van der Waals surface area contributed by atoms with E-state index in [0.29, 0.717) is 12.5 Å². The number of nitrogens with zero attached hydrogens (tertiary/aromatic N) is 1. The third kappa shape index (κ3) is 3.47. The fraction of sp³-hybridized carbons (Fsp3) is 0.909. The van der Waals surface area contributed by atoms with E-state index in [1.807, 2.05) is 6.29 Å². The van der Waals surface area contributed by atoms with Crippen molar-refractivity contribution in [3.05, 3.63) is 0 Å². The summed E-state index contributed by atoms with van der Waals surface area (Å²) in [5, 5.41) is 0. The monoisotopic (exact) mass is 182 g/mol. The zero-order chi connectivity index (χ0) is 9.52. The predicted octanol–water partition coefficient (Wildman–Crippen LogP) is 2.14. The highest BCUT2D eigenvalue weighted by molar-refractivity contribution is 5.50. The van der Waals surface area contributed by atoms with Crippen molar-refractivity contribution in [2.24, 2.45) is 0 Å². The standard InChI is InChI=1S/C11H20NO/c1-2-6-11(7-5-10-13)12-8-3-4-9-12/h11H,2-9H2,1H3. The molecule has 0 aromatic carbocycles. The van der Waals surface area contributed by atoms with Gasteiger partial charge < -0.3 is 4.90 Å². The Morgan fingerprint density at radius 3 is 2.54 bits per heavy atom. The van der Waals surface area contributed by atoms with Gasteiger partial charge >= 0.3 is 0 Å². The first-order valence-electron chi connectivity index (χ1n) is 5.47. The van der Waals surface area contributed by atoms with Crippen molar-refractivity contribution in [3.8, 4) is 0 Å². The number of hydrogen-bond acceptors (Lipinski definition) is 2. The quantitative estimate of drug-likeness (QED) is 0.627. The van der Waals surface area contributed by atoms with Crippen molar-refractivity contribution in [2.45, 2.75) is 51.5 Å². The molecular formula is C11H20NO. The number of hydrogen-bond donors (Lipinski definition) is 0. The van der Waals surface area contributed by atoms with Crippen molar-refractivity contribution in [3.63, 3.8) is 0 Å². The summed E-state index contributed by atoms with van der Waals surface area (Å²) in [6.45, 7) is 4.70. The predicted molar refractivity (Wildman–Crippen MR) is 54.4 cm³/mol. The van der Waals surface area contributed by atoms with Crippen molar-refractivity contribution < 1.29 is 4.79 Å². The van der Waals surface area contributed by atoms with Crippen LogP contribution in [0.1, 0.15) is 45.4 Å². The second-order valence-electron chi connectivity index (χ2n) is 3.87. The lowest BCUT2D eigenvalue weighted by Crippen LogP contribution is -2.32. The van der Waals surface area contributed by atoms with E-state index in [1.54, 1.807) is 0 Å². The summed E-state index contributed by atoms with van der Waals surface area (Å²) in [7, 11) is 0. The molecule has 75 valence electrons. The van der Waals surface area contributed by atoms with E-state index >= 15 is 0 Å². The van der Waals surface area contributed by atoms with Crippen LogP contribution >= 0.6 is 0 Å². The average molecular weight is 182 g/mol. The molecule has 1 radical (unpaired) electrons. The van der Waals surface area contributed by atoms with Gasteiger partial charge in [0, 0.05) is 12.5 Å². The molecule has 0 saturated carbocycles. The van der Waals surface area contributed by atoms with Crippen LogP contribution in [0.5, 0.6) is 0 Å². The Labute approximate surface area is 81.3 Å². The van der Waals surface area contributed by atoms with E-state index in [1.165, 1.54) is 38.8 Å². The van der Waals surface area contributed by atoms with Gasteiger partial charge in [0.15, 0.2) is 6.29 Å². The molecule has 0 aromatic rings. The van der Waals surface area contributed by atoms with E-state index in [2.05, 4.69) is 11.8 Å². The second-order valence-corrected chi connectivity index (χ2v) is 3.87. The van der Waals surface area contributed by atoms with Gasteiger partial charge in [-0.15, -0.1) is 0 Å². The Balaban J connectivity index is 2.30. The fourth-order valence-electron chi connectivity index (χ4n) is 2.17. The molecule has 1 aliphatic heterocycles. The van der Waals surface area contributed by atoms with E-state index in [0.717, 1.165) is 6.42 Å². The lowest BCUT2D eigenvalue weighted by molar-refractivity contribution is 0.219. The third-order valence-electron chi connectivity index (χ3n) is 2.86. The summed E-state index contributed by atoms with van der Waals surface area (Å²) in [5.41, 5.74) is 0. The Kier molecular flexibility index (Phi) is 5.06. The molecular weight excluding hydrogens is 162 g/mol. The maximum Gasteiger partial charge on any atom is 0.198 e. The normalized spacial score (nSPS) is 20.4. The highest BCUT2D eigenvalue weighted by Crippen LogP contribution is 2.18. The van der Waals surface area contributed by atoms with E-state index in [4.69, 9.17) is 0 Å². The average Bonchev–Trinajstić information content (AvgIpc) is 2.65. The smallest absolute Gasteiger partial charge is 0.198 e. The summed E-state index contributed by atoms with van der Waals surface area (Å²) in [4.78, 5) is 12.7. The Bertz CT molecular complexity index is 141. The van der Waals surface area contributed by atoms with Gasteiger partial charge in [0.25, 0.3) is 0 Å². The molecule has 1 heterocycles. The van der Waals surface area contributed by atoms with Gasteiger partial charge in [0.2, 0.25) is 0 Å². The summed E-state index contributed by atoms with van der Waals surface area (Å²) in [5.74, 6) is 0. The number of carbonyl (C=O) groups excluding carboxylic acids is 1. The van der Waals surface area contributed by atoms with Gasteiger partial charge in [0.05, 0.1) is 0 Å². The molecule has 0 bridgehead atoms. The largest absolute Gasteiger partial charge is 0.300 e. The van der Waals surface area contributed by atoms with Crippen LogP contribution in [0.4, 0.5) is 0 Å². The van der Waals surface area contributed by atoms with Crippen LogP contribution in [-0.2, 0) is 4.79 Å². The van der Waals surface area contributed by atoms with Crippen LogP contribution in [-0.4, -0.2) is 30.3 Å². The van der Waals surface area contributed by atoms with E-state index in [9.17, 15) is 4.79 Å². The molecule has 13 heavy (non-hydrogen) atoms. The second kappa shape index (κ2) is 6.14. The summed E-state index contributed by atoms with van der Waals surface area (Å²) < 4.78 is 0. The summed E-state index contributed by atoms with van der Waals surface area (Å²) in [6, 6.07) is 0.647. The highest BCUT2D eigenvalue weighted by atomic mass is 16.1. The van der Waals surface area contributed by atoms with Gasteiger partial charge in [-0.05, 0) is 38.8 Å². The van der Waals surface area contributed by atoms with Crippen LogP contribution in [0.3, 0.4) is 0 Å². The zero-order valence-electron chi connectivity index (χ0n) is 8.59. The van der Waals surface area contributed by atoms with E-state index in [-0.39, 0.29) is 0 Å². The van der Waals surface area contributed by atoms with Crippen molar-refractivity contribution in [1.29, 1.82) is 0 Å². The highest BCUT2D eigenvalue weighted by Gasteiger charge is 2.20. The maximum absolute atomic E-state index is 10.2. The Morgan fingerprint density at radius 2 is 2.00 bits per heavy atom. The molecule has 1 aliphatic rings. The first kappa shape index (κ1) is 10.7. The lowest BCUT2D eigenvalue weighted by atomic mass is 10.1. The molecule has 1 unspecified atom stereocenters. The van der Waals surface area contributed by atoms with Crippen LogP contribution < -0.4 is 0 Å². The van der Waals surface area contributed by atoms with Crippen LogP contribution in [0.15, 0.2) is 0 Å². The Hall–Kier alpha value is -0.370. The SMILES string of the molecule is CCCC(CC[C]=O)N1CCCC1. The minimum absolute atomic E-state index is 0.612. The summed E-state index contributed by atoms with van der Waals surface area (Å²) >= 11 is 0. The fourth-order valence-corrected chi connectivity index (χ4v) is 2.17. The van der Waals surface area contributed by atoms with E-state index < -0.39 is 0 Å². The first-order valence-corrected chi connectivity index (χ1v) is 5.47. The topological polar surface area (TPSA) is 20.3 Å². The van der Waals surface area contributed by atoms with Crippen LogP contribution in [0.2, 0.25) is 0 Å². The van der Waals surface area contributed by atoms with Crippen LogP contribution in [0, 0.1) is 0 Å². The van der Waals surface area contributed by atoms with Gasteiger partial charge in [-0.1, -0.05) is 13.3 Å². The Morgan fingerprint density at radius 1 is 1.31 bits per heavy atom. The summed E-state index contributed by atoms with van der Waals surface area (Å²) in [6.07, 6.45) is 8.76. The lowest BCUT2D eigenvalue weighted by Gasteiger charge is -2.26. The molecule has 1 fully saturated rings. The number of rotatable bonds is 6. The molecule has 2 heteroatoms. The maximum atomic E-state index is 10.2. The van der Waals surface area contributed by atoms with Crippen molar-refractivity contribution >= 4 is 6.29 Å². The van der Waals surface area contributed by atoms with Gasteiger partial charge in [-0.25, -0.2) is 0 Å². The molecule has 1 atom stereocenters. The number of likely N-dealkylation sites (tertiary alicyclic amines) is 1. The molecule has 0 aliphatic carbocycles. The van der Waals surface area contributed by atoms with Crippen molar-refractivity contribution in [2.75, 3.05) is 13.1 Å². The van der Waals surface area contributed by atoms with Crippen molar-refractivity contribution in [1.82, 2.24) is 4.90 Å². The minimum atomic E-state index is 0.612. The molecule has 0 N–H and O–H groups in total. The minimum Gasteiger partial charge on any atom is -0.300 e.